The van der Waals surface area contributed by atoms with E-state index in [2.05, 4.69) is 4.98 Å². The van der Waals surface area contributed by atoms with Gasteiger partial charge in [-0.05, 0) is 12.5 Å². The summed E-state index contributed by atoms with van der Waals surface area (Å²) < 4.78 is 1.58. The fourth-order valence-electron chi connectivity index (χ4n) is 1.87. The molecule has 0 amide bonds. The summed E-state index contributed by atoms with van der Waals surface area (Å²) in [6, 6.07) is 11.3. The fraction of sp³-hybridized carbons (Fsp3) is 0.231. The van der Waals surface area contributed by atoms with Crippen molar-refractivity contribution in [2.24, 2.45) is 0 Å². The van der Waals surface area contributed by atoms with Gasteiger partial charge in [0, 0.05) is 24.7 Å². The van der Waals surface area contributed by atoms with Gasteiger partial charge in [0.1, 0.15) is 0 Å². The monoisotopic (exact) mass is 230 g/mol. The molecule has 4 heteroatoms. The van der Waals surface area contributed by atoms with Crippen LogP contribution in [0.3, 0.4) is 0 Å². The normalized spacial score (nSPS) is 10.4. The number of aromatic nitrogens is 2. The van der Waals surface area contributed by atoms with E-state index in [4.69, 9.17) is 0 Å². The highest BCUT2D eigenvalue weighted by atomic mass is 16.2. The molecule has 1 aromatic carbocycles. The molecular formula is C13H14N2O2. The van der Waals surface area contributed by atoms with Crippen molar-refractivity contribution in [3.8, 4) is 0 Å². The standard InChI is InChI=1S/C13H14N2O2/c1-2-15-11(9-12(16)14-13(15)17)8-10-6-4-3-5-7-10/h3-7,9H,2,8H2,1H3,(H,14,16,17). The van der Waals surface area contributed by atoms with Crippen LogP contribution in [0.5, 0.6) is 0 Å². The van der Waals surface area contributed by atoms with E-state index in [9.17, 15) is 9.59 Å². The quantitative estimate of drug-likeness (QED) is 0.859. The number of hydrogen-bond acceptors (Lipinski definition) is 2. The molecule has 4 nitrogen and oxygen atoms in total. The zero-order chi connectivity index (χ0) is 12.3. The summed E-state index contributed by atoms with van der Waals surface area (Å²) in [4.78, 5) is 25.2. The number of hydrogen-bond donors (Lipinski definition) is 1. The molecule has 0 saturated carbocycles. The fourth-order valence-corrected chi connectivity index (χ4v) is 1.87. The average Bonchev–Trinajstić information content (AvgIpc) is 2.30. The molecule has 17 heavy (non-hydrogen) atoms. The summed E-state index contributed by atoms with van der Waals surface area (Å²) in [5.74, 6) is 0. The summed E-state index contributed by atoms with van der Waals surface area (Å²) in [6.45, 7) is 2.44. The minimum atomic E-state index is -0.342. The smallest absolute Gasteiger partial charge is 0.298 e. The van der Waals surface area contributed by atoms with Crippen LogP contribution in [-0.4, -0.2) is 9.55 Å². The largest absolute Gasteiger partial charge is 0.328 e. The van der Waals surface area contributed by atoms with Gasteiger partial charge >= 0.3 is 5.69 Å². The Morgan fingerprint density at radius 1 is 1.18 bits per heavy atom. The molecule has 0 saturated heterocycles. The van der Waals surface area contributed by atoms with Crippen LogP contribution in [0.15, 0.2) is 46.0 Å². The van der Waals surface area contributed by atoms with E-state index < -0.39 is 0 Å². The summed E-state index contributed by atoms with van der Waals surface area (Å²) >= 11 is 0. The van der Waals surface area contributed by atoms with Crippen molar-refractivity contribution in [3.63, 3.8) is 0 Å². The lowest BCUT2D eigenvalue weighted by Crippen LogP contribution is -2.31. The molecule has 2 rings (SSSR count). The molecule has 1 aromatic heterocycles. The van der Waals surface area contributed by atoms with E-state index in [0.29, 0.717) is 13.0 Å². The zero-order valence-corrected chi connectivity index (χ0v) is 9.64. The molecule has 1 N–H and O–H groups in total. The number of rotatable bonds is 3. The third-order valence-corrected chi connectivity index (χ3v) is 2.66. The number of nitrogens with one attached hydrogen (secondary N) is 1. The van der Waals surface area contributed by atoms with Gasteiger partial charge in [-0.25, -0.2) is 4.79 Å². The van der Waals surface area contributed by atoms with Crippen LogP contribution in [0.1, 0.15) is 18.2 Å². The van der Waals surface area contributed by atoms with Crippen molar-refractivity contribution in [2.45, 2.75) is 19.9 Å². The number of H-pyrrole nitrogens is 1. The highest BCUT2D eigenvalue weighted by Gasteiger charge is 2.05. The van der Waals surface area contributed by atoms with Crippen LogP contribution < -0.4 is 11.2 Å². The van der Waals surface area contributed by atoms with E-state index in [1.807, 2.05) is 37.3 Å². The summed E-state index contributed by atoms with van der Waals surface area (Å²) in [6.07, 6.45) is 0.591. The van der Waals surface area contributed by atoms with Gasteiger partial charge in [0.15, 0.2) is 0 Å². The summed E-state index contributed by atoms with van der Waals surface area (Å²) in [7, 11) is 0. The first kappa shape index (κ1) is 11.4. The zero-order valence-electron chi connectivity index (χ0n) is 9.64. The third kappa shape index (κ3) is 2.53. The molecule has 0 aliphatic rings. The van der Waals surface area contributed by atoms with Crippen molar-refractivity contribution in [1.82, 2.24) is 9.55 Å². The van der Waals surface area contributed by atoms with E-state index >= 15 is 0 Å². The van der Waals surface area contributed by atoms with Crippen LogP contribution in [0.25, 0.3) is 0 Å². The SMILES string of the molecule is CCn1c(Cc2ccccc2)cc(=O)[nH]c1=O. The van der Waals surface area contributed by atoms with Gasteiger partial charge in [-0.2, -0.15) is 0 Å². The Morgan fingerprint density at radius 2 is 1.88 bits per heavy atom. The molecule has 0 atom stereocenters. The summed E-state index contributed by atoms with van der Waals surface area (Å²) in [5.41, 5.74) is 1.14. The van der Waals surface area contributed by atoms with Gasteiger partial charge in [0.25, 0.3) is 5.56 Å². The molecule has 0 fully saturated rings. The predicted molar refractivity (Wildman–Crippen MR) is 66.2 cm³/mol. The van der Waals surface area contributed by atoms with Crippen LogP contribution in [-0.2, 0) is 13.0 Å². The van der Waals surface area contributed by atoms with Crippen molar-refractivity contribution in [1.29, 1.82) is 0 Å². The first-order valence-electron chi connectivity index (χ1n) is 5.57. The topological polar surface area (TPSA) is 54.9 Å². The molecule has 0 spiro atoms. The lowest BCUT2D eigenvalue weighted by molar-refractivity contribution is 0.656. The second-order valence-electron chi connectivity index (χ2n) is 3.84. The molecule has 88 valence electrons. The average molecular weight is 230 g/mol. The maximum atomic E-state index is 11.6. The number of aromatic amines is 1. The maximum absolute atomic E-state index is 11.6. The van der Waals surface area contributed by atoms with Crippen molar-refractivity contribution < 1.29 is 0 Å². The van der Waals surface area contributed by atoms with Crippen LogP contribution >= 0.6 is 0 Å². The van der Waals surface area contributed by atoms with Crippen molar-refractivity contribution in [3.05, 3.63) is 68.5 Å². The van der Waals surface area contributed by atoms with Gasteiger partial charge in [-0.15, -0.1) is 0 Å². The predicted octanol–water partition coefficient (Wildman–Crippen LogP) is 1.15. The Balaban J connectivity index is 2.45. The lowest BCUT2D eigenvalue weighted by atomic mass is 10.1. The Bertz CT molecular complexity index is 611. The minimum absolute atomic E-state index is 0.342. The molecule has 0 unspecified atom stereocenters. The Hall–Kier alpha value is -2.10. The maximum Gasteiger partial charge on any atom is 0.328 e. The Morgan fingerprint density at radius 3 is 2.53 bits per heavy atom. The molecule has 0 aliphatic carbocycles. The highest BCUT2D eigenvalue weighted by molar-refractivity contribution is 5.21. The van der Waals surface area contributed by atoms with Gasteiger partial charge < -0.3 is 0 Å². The van der Waals surface area contributed by atoms with Gasteiger partial charge in [0.2, 0.25) is 0 Å². The van der Waals surface area contributed by atoms with Crippen LogP contribution in [0.2, 0.25) is 0 Å². The van der Waals surface area contributed by atoms with E-state index in [1.54, 1.807) is 4.57 Å². The second kappa shape index (κ2) is 4.82. The molecule has 0 bridgehead atoms. The Labute approximate surface area is 98.6 Å². The van der Waals surface area contributed by atoms with Gasteiger partial charge in [0.05, 0.1) is 0 Å². The molecule has 2 aromatic rings. The van der Waals surface area contributed by atoms with Gasteiger partial charge in [-0.3, -0.25) is 14.3 Å². The number of nitrogens with zero attached hydrogens (tertiary/aromatic N) is 1. The molecular weight excluding hydrogens is 216 g/mol. The van der Waals surface area contributed by atoms with Crippen LogP contribution in [0.4, 0.5) is 0 Å². The first-order valence-corrected chi connectivity index (χ1v) is 5.57. The van der Waals surface area contributed by atoms with Crippen molar-refractivity contribution in [2.75, 3.05) is 0 Å². The van der Waals surface area contributed by atoms with E-state index in [0.717, 1.165) is 11.3 Å². The molecule has 0 aliphatic heterocycles. The van der Waals surface area contributed by atoms with Gasteiger partial charge in [-0.1, -0.05) is 30.3 Å². The second-order valence-corrected chi connectivity index (χ2v) is 3.84. The van der Waals surface area contributed by atoms with Crippen LogP contribution in [0, 0.1) is 0 Å². The third-order valence-electron chi connectivity index (χ3n) is 2.66. The Kier molecular flexibility index (Phi) is 3.23. The highest BCUT2D eigenvalue weighted by Crippen LogP contribution is 2.06. The van der Waals surface area contributed by atoms with E-state index in [-0.39, 0.29) is 11.2 Å². The van der Waals surface area contributed by atoms with Crippen molar-refractivity contribution >= 4 is 0 Å². The lowest BCUT2D eigenvalue weighted by Gasteiger charge is -2.09. The molecule has 1 heterocycles. The number of benzene rings is 1. The molecule has 0 radical (unpaired) electrons. The minimum Gasteiger partial charge on any atom is -0.298 e. The summed E-state index contributed by atoms with van der Waals surface area (Å²) in [5, 5.41) is 0. The first-order chi connectivity index (χ1) is 8.20. The van der Waals surface area contributed by atoms with E-state index in [1.165, 1.54) is 6.07 Å².